The Kier molecular flexibility index (Phi) is 5.09. The fourth-order valence-electron chi connectivity index (χ4n) is 3.24. The van der Waals surface area contributed by atoms with Crippen LogP contribution in [-0.4, -0.2) is 35.8 Å². The van der Waals surface area contributed by atoms with E-state index in [4.69, 9.17) is 11.6 Å². The number of nitrogens with zero attached hydrogens (tertiary/aromatic N) is 2. The number of rotatable bonds is 3. The molecule has 0 saturated carbocycles. The smallest absolute Gasteiger partial charge is 0.249 e. The van der Waals surface area contributed by atoms with E-state index in [1.807, 2.05) is 49.4 Å². The molecule has 0 aromatic heterocycles. The molecule has 25 heavy (non-hydrogen) atoms. The molecular formula is C20H21ClN2O2. The Morgan fingerprint density at radius 1 is 1.16 bits per heavy atom. The van der Waals surface area contributed by atoms with E-state index < -0.39 is 6.04 Å². The number of halogens is 1. The molecule has 1 atom stereocenters. The van der Waals surface area contributed by atoms with Crippen molar-refractivity contribution in [3.63, 3.8) is 0 Å². The van der Waals surface area contributed by atoms with Crippen LogP contribution in [0.15, 0.2) is 48.5 Å². The second-order valence-corrected chi connectivity index (χ2v) is 6.78. The van der Waals surface area contributed by atoms with Gasteiger partial charge in [0, 0.05) is 23.8 Å². The van der Waals surface area contributed by atoms with Gasteiger partial charge < -0.3 is 9.80 Å². The highest BCUT2D eigenvalue weighted by Gasteiger charge is 2.35. The molecule has 1 heterocycles. The SMILES string of the molecule is Cc1cc(Cl)ccc1N1CCN(C(=O)Cc2ccccc2)[C@@H](C)C1=O. The first-order valence-corrected chi connectivity index (χ1v) is 8.76. The van der Waals surface area contributed by atoms with Crippen molar-refractivity contribution in [1.82, 2.24) is 4.90 Å². The molecule has 130 valence electrons. The molecule has 2 amide bonds. The van der Waals surface area contributed by atoms with Gasteiger partial charge in [-0.05, 0) is 43.2 Å². The Bertz CT molecular complexity index is 792. The zero-order chi connectivity index (χ0) is 18.0. The summed E-state index contributed by atoms with van der Waals surface area (Å²) >= 11 is 6.01. The molecule has 1 aliphatic rings. The van der Waals surface area contributed by atoms with Crippen molar-refractivity contribution in [2.45, 2.75) is 26.3 Å². The highest BCUT2D eigenvalue weighted by molar-refractivity contribution is 6.30. The van der Waals surface area contributed by atoms with E-state index in [2.05, 4.69) is 0 Å². The molecule has 0 bridgehead atoms. The van der Waals surface area contributed by atoms with Gasteiger partial charge >= 0.3 is 0 Å². The summed E-state index contributed by atoms with van der Waals surface area (Å²) in [5.41, 5.74) is 2.77. The van der Waals surface area contributed by atoms with Crippen molar-refractivity contribution in [3.05, 3.63) is 64.7 Å². The Hall–Kier alpha value is -2.33. The van der Waals surface area contributed by atoms with Crippen LogP contribution in [0.5, 0.6) is 0 Å². The first-order valence-electron chi connectivity index (χ1n) is 8.38. The van der Waals surface area contributed by atoms with Crippen LogP contribution in [0.1, 0.15) is 18.1 Å². The molecule has 1 aliphatic heterocycles. The van der Waals surface area contributed by atoms with Crippen LogP contribution in [0.4, 0.5) is 5.69 Å². The van der Waals surface area contributed by atoms with Crippen molar-refractivity contribution in [2.75, 3.05) is 18.0 Å². The summed E-state index contributed by atoms with van der Waals surface area (Å²) in [6, 6.07) is 14.6. The minimum absolute atomic E-state index is 0.0143. The van der Waals surface area contributed by atoms with Gasteiger partial charge in [-0.3, -0.25) is 9.59 Å². The van der Waals surface area contributed by atoms with E-state index in [0.29, 0.717) is 24.5 Å². The van der Waals surface area contributed by atoms with E-state index in [0.717, 1.165) is 16.8 Å². The monoisotopic (exact) mass is 356 g/mol. The fourth-order valence-corrected chi connectivity index (χ4v) is 3.47. The summed E-state index contributed by atoms with van der Waals surface area (Å²) in [6.45, 7) is 4.75. The maximum Gasteiger partial charge on any atom is 0.249 e. The molecule has 0 spiro atoms. The maximum atomic E-state index is 12.8. The Morgan fingerprint density at radius 2 is 1.88 bits per heavy atom. The lowest BCUT2D eigenvalue weighted by molar-refractivity contribution is -0.140. The third-order valence-corrected chi connectivity index (χ3v) is 4.86. The van der Waals surface area contributed by atoms with Crippen LogP contribution in [0.3, 0.4) is 0 Å². The van der Waals surface area contributed by atoms with Crippen molar-refractivity contribution in [2.24, 2.45) is 0 Å². The van der Waals surface area contributed by atoms with E-state index in [-0.39, 0.29) is 11.8 Å². The van der Waals surface area contributed by atoms with Gasteiger partial charge in [0.1, 0.15) is 6.04 Å². The number of benzene rings is 2. The van der Waals surface area contributed by atoms with E-state index in [9.17, 15) is 9.59 Å². The van der Waals surface area contributed by atoms with Crippen molar-refractivity contribution in [1.29, 1.82) is 0 Å². The van der Waals surface area contributed by atoms with Crippen LogP contribution in [-0.2, 0) is 16.0 Å². The second kappa shape index (κ2) is 7.28. The van der Waals surface area contributed by atoms with Crippen LogP contribution < -0.4 is 4.90 Å². The first-order chi connectivity index (χ1) is 12.0. The summed E-state index contributed by atoms with van der Waals surface area (Å²) < 4.78 is 0. The number of hydrogen-bond donors (Lipinski definition) is 0. The third-order valence-electron chi connectivity index (χ3n) is 4.62. The molecule has 4 nitrogen and oxygen atoms in total. The van der Waals surface area contributed by atoms with Gasteiger partial charge in [0.2, 0.25) is 11.8 Å². The van der Waals surface area contributed by atoms with Gasteiger partial charge in [-0.2, -0.15) is 0 Å². The number of anilines is 1. The number of piperazine rings is 1. The van der Waals surface area contributed by atoms with Crippen molar-refractivity contribution < 1.29 is 9.59 Å². The second-order valence-electron chi connectivity index (χ2n) is 6.35. The van der Waals surface area contributed by atoms with E-state index in [1.54, 1.807) is 22.8 Å². The zero-order valence-electron chi connectivity index (χ0n) is 14.4. The molecule has 0 unspecified atom stereocenters. The molecule has 0 radical (unpaired) electrons. The molecule has 5 heteroatoms. The minimum Gasteiger partial charge on any atom is -0.329 e. The topological polar surface area (TPSA) is 40.6 Å². The Labute approximate surface area is 153 Å². The highest BCUT2D eigenvalue weighted by Crippen LogP contribution is 2.26. The van der Waals surface area contributed by atoms with Gasteiger partial charge in [-0.1, -0.05) is 41.9 Å². The van der Waals surface area contributed by atoms with Gasteiger partial charge in [0.05, 0.1) is 6.42 Å². The molecule has 0 N–H and O–H groups in total. The minimum atomic E-state index is -0.472. The summed E-state index contributed by atoms with van der Waals surface area (Å²) in [7, 11) is 0. The van der Waals surface area contributed by atoms with Gasteiger partial charge in [-0.15, -0.1) is 0 Å². The van der Waals surface area contributed by atoms with Crippen LogP contribution in [0, 0.1) is 6.92 Å². The predicted octanol–water partition coefficient (Wildman–Crippen LogP) is 3.45. The van der Waals surface area contributed by atoms with Crippen LogP contribution in [0.25, 0.3) is 0 Å². The lowest BCUT2D eigenvalue weighted by Gasteiger charge is -2.39. The largest absolute Gasteiger partial charge is 0.329 e. The van der Waals surface area contributed by atoms with Crippen LogP contribution in [0.2, 0.25) is 5.02 Å². The van der Waals surface area contributed by atoms with Gasteiger partial charge in [-0.25, -0.2) is 0 Å². The highest BCUT2D eigenvalue weighted by atomic mass is 35.5. The van der Waals surface area contributed by atoms with Gasteiger partial charge in [0.25, 0.3) is 0 Å². The molecule has 3 rings (SSSR count). The lowest BCUT2D eigenvalue weighted by Crippen LogP contribution is -2.58. The maximum absolute atomic E-state index is 12.8. The number of amides is 2. The molecule has 1 fully saturated rings. The molecule has 0 aliphatic carbocycles. The van der Waals surface area contributed by atoms with Crippen molar-refractivity contribution in [3.8, 4) is 0 Å². The number of carbonyl (C=O) groups is 2. The summed E-state index contributed by atoms with van der Waals surface area (Å²) in [5.74, 6) is -0.0717. The standard InChI is InChI=1S/C20H21ClN2O2/c1-14-12-17(21)8-9-18(14)23-11-10-22(15(2)20(23)25)19(24)13-16-6-4-3-5-7-16/h3-9,12,15H,10-11,13H2,1-2H3/t15-/m0/s1. The first kappa shape index (κ1) is 17.5. The fraction of sp³-hybridized carbons (Fsp3) is 0.300. The van der Waals surface area contributed by atoms with Crippen molar-refractivity contribution >= 4 is 29.1 Å². The summed E-state index contributed by atoms with van der Waals surface area (Å²) in [6.07, 6.45) is 0.318. The number of aryl methyl sites for hydroxylation is 1. The van der Waals surface area contributed by atoms with Gasteiger partial charge in [0.15, 0.2) is 0 Å². The summed E-state index contributed by atoms with van der Waals surface area (Å²) in [5, 5.41) is 0.651. The predicted molar refractivity (Wildman–Crippen MR) is 99.9 cm³/mol. The number of carbonyl (C=O) groups excluding carboxylic acids is 2. The molecular weight excluding hydrogens is 336 g/mol. The number of hydrogen-bond acceptors (Lipinski definition) is 2. The van der Waals surface area contributed by atoms with E-state index >= 15 is 0 Å². The molecule has 2 aromatic carbocycles. The Balaban J connectivity index is 1.74. The summed E-state index contributed by atoms with van der Waals surface area (Å²) in [4.78, 5) is 28.9. The van der Waals surface area contributed by atoms with E-state index in [1.165, 1.54) is 0 Å². The quantitative estimate of drug-likeness (QED) is 0.845. The average Bonchev–Trinajstić information content (AvgIpc) is 2.59. The third kappa shape index (κ3) is 3.69. The van der Waals surface area contributed by atoms with Crippen LogP contribution >= 0.6 is 11.6 Å². The zero-order valence-corrected chi connectivity index (χ0v) is 15.2. The lowest BCUT2D eigenvalue weighted by atomic mass is 10.1. The normalized spacial score (nSPS) is 17.7. The average molecular weight is 357 g/mol. The molecule has 1 saturated heterocycles. The Morgan fingerprint density at radius 3 is 2.56 bits per heavy atom. The molecule has 2 aromatic rings.